The third kappa shape index (κ3) is 5.00. The highest BCUT2D eigenvalue weighted by atomic mass is 16.6. The van der Waals surface area contributed by atoms with Crippen LogP contribution in [0.2, 0.25) is 0 Å². The van der Waals surface area contributed by atoms with E-state index in [0.717, 1.165) is 11.1 Å². The van der Waals surface area contributed by atoms with Crippen LogP contribution in [0.1, 0.15) is 30.4 Å². The van der Waals surface area contributed by atoms with Crippen LogP contribution >= 0.6 is 0 Å². The maximum atomic E-state index is 13.1. The summed E-state index contributed by atoms with van der Waals surface area (Å²) in [6, 6.07) is 18.0. The Hall–Kier alpha value is -2.64. The first-order chi connectivity index (χ1) is 15.1. The van der Waals surface area contributed by atoms with Gasteiger partial charge in [-0.3, -0.25) is 9.59 Å². The zero-order valence-electron chi connectivity index (χ0n) is 17.3. The molecule has 0 saturated carbocycles. The number of hydrogen-bond donors (Lipinski definition) is 0. The van der Waals surface area contributed by atoms with Crippen molar-refractivity contribution in [2.45, 2.75) is 50.2 Å². The van der Waals surface area contributed by atoms with E-state index < -0.39 is 35.6 Å². The molecule has 31 heavy (non-hydrogen) atoms. The van der Waals surface area contributed by atoms with Gasteiger partial charge in [-0.05, 0) is 24.0 Å². The van der Waals surface area contributed by atoms with Crippen LogP contribution in [0.3, 0.4) is 0 Å². The molecule has 2 fully saturated rings. The maximum Gasteiger partial charge on any atom is 0.314 e. The molecule has 2 aromatic rings. The molecule has 6 nitrogen and oxygen atoms in total. The Bertz CT molecular complexity index is 889. The van der Waals surface area contributed by atoms with E-state index in [1.807, 2.05) is 60.7 Å². The summed E-state index contributed by atoms with van der Waals surface area (Å²) in [7, 11) is 6.14. The van der Waals surface area contributed by atoms with Crippen molar-refractivity contribution in [1.82, 2.24) is 0 Å². The van der Waals surface area contributed by atoms with Crippen molar-refractivity contribution in [3.63, 3.8) is 0 Å². The molecule has 4 rings (SSSR count). The van der Waals surface area contributed by atoms with E-state index in [0.29, 0.717) is 19.4 Å². The minimum atomic E-state index is -1.10. The topological polar surface area (TPSA) is 71.1 Å². The van der Waals surface area contributed by atoms with Gasteiger partial charge in [0.05, 0.1) is 18.1 Å². The number of carbonyl (C=O) groups excluding carboxylic acids is 2. The summed E-state index contributed by atoms with van der Waals surface area (Å²) in [6.45, 7) is 0.739. The molecule has 0 spiro atoms. The zero-order valence-corrected chi connectivity index (χ0v) is 17.3. The van der Waals surface area contributed by atoms with Crippen molar-refractivity contribution >= 4 is 19.8 Å². The second kappa shape index (κ2) is 9.66. The molecule has 2 aliphatic rings. The van der Waals surface area contributed by atoms with E-state index in [9.17, 15) is 9.59 Å². The number of rotatable bonds is 7. The summed E-state index contributed by atoms with van der Waals surface area (Å²) < 4.78 is 22.9. The third-order valence-electron chi connectivity index (χ3n) is 5.81. The summed E-state index contributed by atoms with van der Waals surface area (Å²) in [6.07, 6.45) is 0.367. The van der Waals surface area contributed by atoms with Crippen LogP contribution in [0.5, 0.6) is 0 Å². The molecule has 0 N–H and O–H groups in total. The van der Waals surface area contributed by atoms with Gasteiger partial charge >= 0.3 is 11.9 Å². The van der Waals surface area contributed by atoms with E-state index in [1.54, 1.807) is 0 Å². The molecule has 0 aromatic heterocycles. The highest BCUT2D eigenvalue weighted by Crippen LogP contribution is 2.46. The van der Waals surface area contributed by atoms with Gasteiger partial charge in [0.1, 0.15) is 27.0 Å². The van der Waals surface area contributed by atoms with Crippen LogP contribution in [-0.4, -0.2) is 44.1 Å². The molecule has 2 saturated heterocycles. The average molecular weight is 420 g/mol. The van der Waals surface area contributed by atoms with E-state index in [2.05, 4.69) is 0 Å². The second-order valence-corrected chi connectivity index (χ2v) is 7.98. The first kappa shape index (κ1) is 21.6. The van der Waals surface area contributed by atoms with Gasteiger partial charge in [0.25, 0.3) is 0 Å². The Morgan fingerprint density at radius 1 is 0.968 bits per heavy atom. The number of hydrogen-bond acceptors (Lipinski definition) is 6. The monoisotopic (exact) mass is 420 g/mol. The number of carbonyl (C=O) groups is 2. The molecule has 2 aliphatic heterocycles. The summed E-state index contributed by atoms with van der Waals surface area (Å²) in [4.78, 5) is 25.8. The predicted molar refractivity (Wildman–Crippen MR) is 113 cm³/mol. The van der Waals surface area contributed by atoms with E-state index in [-0.39, 0.29) is 19.6 Å². The van der Waals surface area contributed by atoms with Crippen molar-refractivity contribution in [2.24, 2.45) is 5.92 Å². The van der Waals surface area contributed by atoms with Crippen LogP contribution in [0.15, 0.2) is 60.7 Å². The van der Waals surface area contributed by atoms with Crippen LogP contribution in [0, 0.1) is 5.92 Å². The van der Waals surface area contributed by atoms with Crippen LogP contribution in [0.4, 0.5) is 0 Å². The summed E-state index contributed by atoms with van der Waals surface area (Å²) >= 11 is 0. The molecule has 7 heteroatoms. The van der Waals surface area contributed by atoms with Gasteiger partial charge in [-0.15, -0.1) is 0 Å². The van der Waals surface area contributed by atoms with E-state index >= 15 is 0 Å². The standard InChI is InChI=1S/C24H25BO6/c25-22-21-20(23(27)30-16-18-10-5-2-6-11-18)24(31-22,12-7-13-28-21)14-19(26)29-15-17-8-3-1-4-9-17/h1-6,8-11,20-22H,7,12-16H2/t20?,21-,22+,24+/m0/s1. The lowest BCUT2D eigenvalue weighted by Gasteiger charge is -2.32. The van der Waals surface area contributed by atoms with Gasteiger partial charge in [-0.25, -0.2) is 0 Å². The minimum absolute atomic E-state index is 0.0848. The molecule has 2 bridgehead atoms. The fraction of sp³-hybridized carbons (Fsp3) is 0.417. The highest BCUT2D eigenvalue weighted by Gasteiger charge is 2.59. The Kier molecular flexibility index (Phi) is 6.73. The zero-order chi connectivity index (χ0) is 21.7. The third-order valence-corrected chi connectivity index (χ3v) is 5.81. The Balaban J connectivity index is 1.46. The number of fused-ring (bicyclic) bond motifs is 2. The lowest BCUT2D eigenvalue weighted by Crippen LogP contribution is -2.45. The molecule has 2 aromatic carbocycles. The summed E-state index contributed by atoms with van der Waals surface area (Å²) in [5.41, 5.74) is 0.667. The van der Waals surface area contributed by atoms with Crippen molar-refractivity contribution in [3.05, 3.63) is 71.8 Å². The molecule has 4 atom stereocenters. The Labute approximate surface area is 183 Å². The van der Waals surface area contributed by atoms with E-state index in [1.165, 1.54) is 0 Å². The molecular weight excluding hydrogens is 395 g/mol. The number of esters is 2. The summed E-state index contributed by atoms with van der Waals surface area (Å²) in [5.74, 6) is -1.71. The number of ether oxygens (including phenoxy) is 4. The Morgan fingerprint density at radius 3 is 2.23 bits per heavy atom. The van der Waals surface area contributed by atoms with Gasteiger partial charge in [0, 0.05) is 12.6 Å². The largest absolute Gasteiger partial charge is 0.461 e. The first-order valence-corrected chi connectivity index (χ1v) is 10.5. The van der Waals surface area contributed by atoms with Crippen LogP contribution in [0.25, 0.3) is 0 Å². The lowest BCUT2D eigenvalue weighted by atomic mass is 9.78. The fourth-order valence-corrected chi connectivity index (χ4v) is 4.34. The van der Waals surface area contributed by atoms with E-state index in [4.69, 9.17) is 26.8 Å². The van der Waals surface area contributed by atoms with Crippen molar-refractivity contribution in [3.8, 4) is 0 Å². The van der Waals surface area contributed by atoms with Gasteiger partial charge < -0.3 is 18.9 Å². The quantitative estimate of drug-likeness (QED) is 0.507. The molecule has 2 radical (unpaired) electrons. The van der Waals surface area contributed by atoms with Crippen LogP contribution in [-0.2, 0) is 41.8 Å². The highest BCUT2D eigenvalue weighted by molar-refractivity contribution is 6.12. The predicted octanol–water partition coefficient (Wildman–Crippen LogP) is 2.92. The van der Waals surface area contributed by atoms with Gasteiger partial charge in [-0.2, -0.15) is 0 Å². The summed E-state index contributed by atoms with van der Waals surface area (Å²) in [5, 5.41) is 0. The lowest BCUT2D eigenvalue weighted by molar-refractivity contribution is -0.164. The Morgan fingerprint density at radius 2 is 1.58 bits per heavy atom. The minimum Gasteiger partial charge on any atom is -0.461 e. The van der Waals surface area contributed by atoms with Crippen molar-refractivity contribution in [1.29, 1.82) is 0 Å². The molecule has 2 heterocycles. The number of benzene rings is 2. The SMILES string of the molecule is [B][C@@H]1O[C@@]2(CC(=O)OCc3ccccc3)CCCO[C@H]1C2C(=O)OCc1ccccc1. The fourth-order valence-electron chi connectivity index (χ4n) is 4.34. The smallest absolute Gasteiger partial charge is 0.314 e. The molecular formula is C24H25BO6. The van der Waals surface area contributed by atoms with Gasteiger partial charge in [0.15, 0.2) is 0 Å². The van der Waals surface area contributed by atoms with Crippen molar-refractivity contribution in [2.75, 3.05) is 6.61 Å². The molecule has 0 amide bonds. The second-order valence-electron chi connectivity index (χ2n) is 7.98. The maximum absolute atomic E-state index is 13.1. The van der Waals surface area contributed by atoms with Crippen molar-refractivity contribution < 1.29 is 28.5 Å². The molecule has 0 aliphatic carbocycles. The molecule has 1 unspecified atom stereocenters. The average Bonchev–Trinajstić information content (AvgIpc) is 2.92. The van der Waals surface area contributed by atoms with Gasteiger partial charge in [0.2, 0.25) is 0 Å². The normalized spacial score (nSPS) is 27.3. The van der Waals surface area contributed by atoms with Crippen LogP contribution < -0.4 is 0 Å². The first-order valence-electron chi connectivity index (χ1n) is 10.5. The van der Waals surface area contributed by atoms with Gasteiger partial charge in [-0.1, -0.05) is 60.7 Å². The molecule has 160 valence electrons.